The van der Waals surface area contributed by atoms with Crippen molar-refractivity contribution < 1.29 is 14.7 Å². The lowest BCUT2D eigenvalue weighted by Gasteiger charge is -2.12. The highest BCUT2D eigenvalue weighted by Crippen LogP contribution is 2.24. The van der Waals surface area contributed by atoms with Gasteiger partial charge in [-0.15, -0.1) is 0 Å². The van der Waals surface area contributed by atoms with E-state index in [0.717, 1.165) is 33.4 Å². The number of amides is 1. The SMILES string of the molecule is CCc1nc(C)cn1-c1ccc(NC(=O)C=C(C)c2ccc3ccccc3c2)c(C(=O)O)c1. The molecular formula is C27H25N3O3. The minimum atomic E-state index is -1.11. The zero-order valence-corrected chi connectivity index (χ0v) is 18.8. The second-order valence-electron chi connectivity index (χ2n) is 7.94. The van der Waals surface area contributed by atoms with Gasteiger partial charge in [0.25, 0.3) is 0 Å². The number of hydrogen-bond acceptors (Lipinski definition) is 3. The number of carboxylic acid groups (broad SMARTS) is 1. The van der Waals surface area contributed by atoms with Crippen LogP contribution in [0.4, 0.5) is 5.69 Å². The Hall–Kier alpha value is -4.19. The fraction of sp³-hybridized carbons (Fsp3) is 0.148. The van der Waals surface area contributed by atoms with E-state index in [2.05, 4.69) is 10.3 Å². The molecule has 0 bridgehead atoms. The monoisotopic (exact) mass is 439 g/mol. The van der Waals surface area contributed by atoms with E-state index in [9.17, 15) is 14.7 Å². The van der Waals surface area contributed by atoms with Gasteiger partial charge in [0, 0.05) is 24.4 Å². The van der Waals surface area contributed by atoms with Gasteiger partial charge in [-0.1, -0.05) is 43.3 Å². The van der Waals surface area contributed by atoms with Crippen molar-refractivity contribution in [1.82, 2.24) is 9.55 Å². The molecule has 0 saturated carbocycles. The number of rotatable bonds is 6. The van der Waals surface area contributed by atoms with Crippen LogP contribution < -0.4 is 5.32 Å². The second kappa shape index (κ2) is 9.12. The number of aromatic carboxylic acids is 1. The Morgan fingerprint density at radius 2 is 1.82 bits per heavy atom. The molecule has 0 unspecified atom stereocenters. The number of carboxylic acids is 1. The Bertz CT molecular complexity index is 1400. The topological polar surface area (TPSA) is 84.2 Å². The number of nitrogens with one attached hydrogen (secondary N) is 1. The van der Waals surface area contributed by atoms with Crippen molar-refractivity contribution in [2.75, 3.05) is 5.32 Å². The largest absolute Gasteiger partial charge is 0.478 e. The zero-order chi connectivity index (χ0) is 23.5. The van der Waals surface area contributed by atoms with Crippen molar-refractivity contribution in [1.29, 1.82) is 0 Å². The van der Waals surface area contributed by atoms with Gasteiger partial charge in [0.2, 0.25) is 5.91 Å². The number of benzene rings is 3. The molecule has 6 heteroatoms. The van der Waals surface area contributed by atoms with Crippen molar-refractivity contribution >= 4 is 33.9 Å². The highest BCUT2D eigenvalue weighted by Gasteiger charge is 2.15. The highest BCUT2D eigenvalue weighted by molar-refractivity contribution is 6.07. The van der Waals surface area contributed by atoms with Gasteiger partial charge < -0.3 is 15.0 Å². The van der Waals surface area contributed by atoms with Crippen molar-refractivity contribution in [2.45, 2.75) is 27.2 Å². The number of aryl methyl sites for hydroxylation is 2. The molecule has 0 aliphatic rings. The van der Waals surface area contributed by atoms with E-state index in [4.69, 9.17) is 0 Å². The van der Waals surface area contributed by atoms with Gasteiger partial charge in [-0.3, -0.25) is 4.79 Å². The lowest BCUT2D eigenvalue weighted by Crippen LogP contribution is -2.13. The van der Waals surface area contributed by atoms with E-state index >= 15 is 0 Å². The first-order valence-electron chi connectivity index (χ1n) is 10.8. The second-order valence-corrected chi connectivity index (χ2v) is 7.94. The summed E-state index contributed by atoms with van der Waals surface area (Å²) in [6, 6.07) is 19.0. The van der Waals surface area contributed by atoms with Crippen LogP contribution in [0.1, 0.15) is 41.3 Å². The average molecular weight is 440 g/mol. The number of imidazole rings is 1. The lowest BCUT2D eigenvalue weighted by atomic mass is 10.0. The van der Waals surface area contributed by atoms with Crippen LogP contribution >= 0.6 is 0 Å². The van der Waals surface area contributed by atoms with Crippen LogP contribution in [-0.2, 0) is 11.2 Å². The fourth-order valence-corrected chi connectivity index (χ4v) is 3.87. The molecule has 4 aromatic rings. The van der Waals surface area contributed by atoms with Crippen LogP contribution in [0.25, 0.3) is 22.0 Å². The maximum absolute atomic E-state index is 12.7. The Labute approximate surface area is 192 Å². The summed E-state index contributed by atoms with van der Waals surface area (Å²) in [4.78, 5) is 29.1. The first-order valence-corrected chi connectivity index (χ1v) is 10.8. The molecule has 0 aliphatic carbocycles. The van der Waals surface area contributed by atoms with Crippen LogP contribution in [0.5, 0.6) is 0 Å². The van der Waals surface area contributed by atoms with Gasteiger partial charge in [-0.05, 0) is 60.0 Å². The van der Waals surface area contributed by atoms with Crippen molar-refractivity contribution in [3.63, 3.8) is 0 Å². The third-order valence-electron chi connectivity index (χ3n) is 5.54. The molecule has 1 aromatic heterocycles. The van der Waals surface area contributed by atoms with Gasteiger partial charge in [0.1, 0.15) is 5.82 Å². The number of carbonyl (C=O) groups excluding carboxylic acids is 1. The number of fused-ring (bicyclic) bond motifs is 1. The molecule has 33 heavy (non-hydrogen) atoms. The first kappa shape index (κ1) is 22.0. The molecular weight excluding hydrogens is 414 g/mol. The molecule has 0 radical (unpaired) electrons. The first-order chi connectivity index (χ1) is 15.9. The Kier molecular flexibility index (Phi) is 6.09. The standard InChI is InChI=1S/C27H25N3O3/c1-4-25-28-18(3)16-30(25)22-11-12-24(23(15-22)27(32)33)29-26(31)13-17(2)20-10-9-19-7-5-6-8-21(19)14-20/h5-16H,4H2,1-3H3,(H,29,31)(H,32,33). The van der Waals surface area contributed by atoms with Gasteiger partial charge in [-0.2, -0.15) is 0 Å². The van der Waals surface area contributed by atoms with Crippen LogP contribution in [0.3, 0.4) is 0 Å². The van der Waals surface area contributed by atoms with Gasteiger partial charge >= 0.3 is 5.97 Å². The zero-order valence-electron chi connectivity index (χ0n) is 18.8. The maximum atomic E-state index is 12.7. The molecule has 2 N–H and O–H groups in total. The summed E-state index contributed by atoms with van der Waals surface area (Å²) in [7, 11) is 0. The quantitative estimate of drug-likeness (QED) is 0.381. The van der Waals surface area contributed by atoms with E-state index in [0.29, 0.717) is 12.1 Å². The molecule has 6 nitrogen and oxygen atoms in total. The lowest BCUT2D eigenvalue weighted by molar-refractivity contribution is -0.111. The number of aromatic nitrogens is 2. The molecule has 166 valence electrons. The van der Waals surface area contributed by atoms with Gasteiger partial charge in [0.05, 0.1) is 16.9 Å². The summed E-state index contributed by atoms with van der Waals surface area (Å²) >= 11 is 0. The third kappa shape index (κ3) is 4.70. The smallest absolute Gasteiger partial charge is 0.337 e. The van der Waals surface area contributed by atoms with Crippen molar-refractivity contribution in [2.24, 2.45) is 0 Å². The minimum Gasteiger partial charge on any atom is -0.478 e. The Balaban J connectivity index is 1.60. The van der Waals surface area contributed by atoms with Gasteiger partial charge in [-0.25, -0.2) is 9.78 Å². The molecule has 0 saturated heterocycles. The van der Waals surface area contributed by atoms with E-state index in [1.54, 1.807) is 18.2 Å². The normalized spacial score (nSPS) is 11.5. The van der Waals surface area contributed by atoms with E-state index in [1.165, 1.54) is 6.08 Å². The van der Waals surface area contributed by atoms with E-state index < -0.39 is 5.97 Å². The molecule has 0 fully saturated rings. The number of carbonyl (C=O) groups is 2. The van der Waals surface area contributed by atoms with Crippen molar-refractivity contribution in [3.8, 4) is 5.69 Å². The van der Waals surface area contributed by atoms with E-state index in [-0.39, 0.29) is 17.2 Å². The minimum absolute atomic E-state index is 0.0195. The summed E-state index contributed by atoms with van der Waals surface area (Å²) in [6.45, 7) is 5.75. The molecule has 1 amide bonds. The average Bonchev–Trinajstić information content (AvgIpc) is 3.19. The van der Waals surface area contributed by atoms with Crippen LogP contribution in [-0.4, -0.2) is 26.5 Å². The number of anilines is 1. The molecule has 0 spiro atoms. The predicted molar refractivity (Wildman–Crippen MR) is 131 cm³/mol. The summed E-state index contributed by atoms with van der Waals surface area (Å²) in [5.41, 5.74) is 3.52. The summed E-state index contributed by atoms with van der Waals surface area (Å²) in [5.74, 6) is -0.657. The maximum Gasteiger partial charge on any atom is 0.337 e. The molecule has 3 aromatic carbocycles. The molecule has 0 aliphatic heterocycles. The molecule has 0 atom stereocenters. The molecule has 4 rings (SSSR count). The van der Waals surface area contributed by atoms with E-state index in [1.807, 2.05) is 74.0 Å². The number of hydrogen-bond donors (Lipinski definition) is 2. The van der Waals surface area contributed by atoms with Crippen molar-refractivity contribution in [3.05, 3.63) is 95.6 Å². The van der Waals surface area contributed by atoms with Gasteiger partial charge in [0.15, 0.2) is 0 Å². The predicted octanol–water partition coefficient (Wildman–Crippen LogP) is 5.64. The Morgan fingerprint density at radius 1 is 1.06 bits per heavy atom. The number of allylic oxidation sites excluding steroid dienone is 1. The fourth-order valence-electron chi connectivity index (χ4n) is 3.87. The highest BCUT2D eigenvalue weighted by atomic mass is 16.4. The third-order valence-corrected chi connectivity index (χ3v) is 5.54. The number of nitrogens with zero attached hydrogens (tertiary/aromatic N) is 2. The molecule has 1 heterocycles. The van der Waals surface area contributed by atoms with Crippen LogP contribution in [0.2, 0.25) is 0 Å². The summed E-state index contributed by atoms with van der Waals surface area (Å²) in [6.07, 6.45) is 4.07. The summed E-state index contributed by atoms with van der Waals surface area (Å²) in [5, 5.41) is 14.7. The van der Waals surface area contributed by atoms with Crippen LogP contribution in [0, 0.1) is 6.92 Å². The van der Waals surface area contributed by atoms with Crippen LogP contribution in [0.15, 0.2) is 72.9 Å². The Morgan fingerprint density at radius 3 is 2.55 bits per heavy atom. The summed E-state index contributed by atoms with van der Waals surface area (Å²) < 4.78 is 1.87.